The van der Waals surface area contributed by atoms with E-state index in [1.165, 1.54) is 11.1 Å². The molecule has 0 saturated heterocycles. The maximum absolute atomic E-state index is 6.12. The van der Waals surface area contributed by atoms with Gasteiger partial charge in [0.1, 0.15) is 5.76 Å². The molecule has 2 N–H and O–H groups in total. The Morgan fingerprint density at radius 2 is 1.95 bits per heavy atom. The van der Waals surface area contributed by atoms with Crippen molar-refractivity contribution in [3.63, 3.8) is 0 Å². The Kier molecular flexibility index (Phi) is 4.40. The number of aryl methyl sites for hydroxylation is 1. The summed E-state index contributed by atoms with van der Waals surface area (Å²) in [6.07, 6.45) is 1.70. The minimum absolute atomic E-state index is 0.0140. The molecule has 0 bridgehead atoms. The third-order valence-electron chi connectivity index (χ3n) is 3.49. The van der Waals surface area contributed by atoms with Crippen LogP contribution in [0.4, 0.5) is 0 Å². The topological polar surface area (TPSA) is 42.4 Å². The average Bonchev–Trinajstić information content (AvgIpc) is 2.85. The monoisotopic (exact) mass is 258 g/mol. The largest absolute Gasteiger partial charge is 0.468 e. The number of benzene rings is 1. The quantitative estimate of drug-likeness (QED) is 0.896. The molecule has 2 atom stereocenters. The maximum atomic E-state index is 6.12. The molecular weight excluding hydrogens is 236 g/mol. The van der Waals surface area contributed by atoms with Gasteiger partial charge in [0.15, 0.2) is 0 Å². The molecule has 0 radical (unpaired) electrons. The van der Waals surface area contributed by atoms with E-state index in [0.717, 1.165) is 12.3 Å². The van der Waals surface area contributed by atoms with Gasteiger partial charge in [0.25, 0.3) is 0 Å². The first kappa shape index (κ1) is 13.8. The highest BCUT2D eigenvalue weighted by Gasteiger charge is 2.23. The molecule has 19 heavy (non-hydrogen) atoms. The second kappa shape index (κ2) is 6.04. The predicted molar refractivity (Wildman–Crippen MR) is 77.7 cm³/mol. The number of nitrogens with two attached hydrogens (primary N) is 1. The van der Waals surface area contributed by atoms with Crippen LogP contribution in [0.3, 0.4) is 0 Å². The Hall–Kier alpha value is -1.58. The van der Waals surface area contributed by atoms with Gasteiger partial charge in [0, 0.05) is 12.6 Å². The molecule has 0 aliphatic heterocycles. The van der Waals surface area contributed by atoms with Crippen molar-refractivity contribution < 1.29 is 4.42 Å². The summed E-state index contributed by atoms with van der Waals surface area (Å²) >= 11 is 0. The summed E-state index contributed by atoms with van der Waals surface area (Å²) in [6, 6.07) is 12.4. The molecule has 102 valence electrons. The van der Waals surface area contributed by atoms with Crippen molar-refractivity contribution in [2.24, 2.45) is 5.73 Å². The average molecular weight is 258 g/mol. The fourth-order valence-corrected chi connectivity index (χ4v) is 2.49. The minimum Gasteiger partial charge on any atom is -0.468 e. The Labute approximate surface area is 115 Å². The van der Waals surface area contributed by atoms with Gasteiger partial charge in [-0.3, -0.25) is 4.90 Å². The lowest BCUT2D eigenvalue weighted by Gasteiger charge is -2.29. The molecule has 0 amide bonds. The van der Waals surface area contributed by atoms with E-state index >= 15 is 0 Å². The van der Waals surface area contributed by atoms with E-state index in [1.54, 1.807) is 6.26 Å². The number of hydrogen-bond donors (Lipinski definition) is 1. The van der Waals surface area contributed by atoms with Gasteiger partial charge in [-0.15, -0.1) is 0 Å². The van der Waals surface area contributed by atoms with Crippen LogP contribution in [0.1, 0.15) is 29.9 Å². The van der Waals surface area contributed by atoms with Crippen LogP contribution in [0.5, 0.6) is 0 Å². The molecule has 1 heterocycles. The van der Waals surface area contributed by atoms with Gasteiger partial charge in [0.05, 0.1) is 12.3 Å². The Morgan fingerprint density at radius 3 is 2.53 bits per heavy atom. The molecule has 2 rings (SSSR count). The zero-order chi connectivity index (χ0) is 13.8. The lowest BCUT2D eigenvalue weighted by Crippen LogP contribution is -2.36. The lowest BCUT2D eigenvalue weighted by atomic mass is 10.0. The Morgan fingerprint density at radius 1 is 1.21 bits per heavy atom. The van der Waals surface area contributed by atoms with Crippen molar-refractivity contribution in [2.45, 2.75) is 32.5 Å². The highest BCUT2D eigenvalue weighted by Crippen LogP contribution is 2.25. The normalized spacial score (nSPS) is 14.6. The molecule has 1 aromatic carbocycles. The number of furan rings is 1. The number of hydrogen-bond acceptors (Lipinski definition) is 3. The van der Waals surface area contributed by atoms with E-state index in [9.17, 15) is 0 Å². The molecule has 1 aromatic heterocycles. The van der Waals surface area contributed by atoms with Crippen molar-refractivity contribution in [1.82, 2.24) is 4.90 Å². The van der Waals surface area contributed by atoms with Crippen LogP contribution in [0.25, 0.3) is 0 Å². The van der Waals surface area contributed by atoms with Crippen LogP contribution >= 0.6 is 0 Å². The molecule has 3 nitrogen and oxygen atoms in total. The summed E-state index contributed by atoms with van der Waals surface area (Å²) in [4.78, 5) is 2.24. The van der Waals surface area contributed by atoms with Gasteiger partial charge in [-0.25, -0.2) is 0 Å². The van der Waals surface area contributed by atoms with E-state index in [4.69, 9.17) is 10.2 Å². The lowest BCUT2D eigenvalue weighted by molar-refractivity contribution is 0.184. The molecule has 0 aliphatic carbocycles. The van der Waals surface area contributed by atoms with E-state index in [0.29, 0.717) is 0 Å². The summed E-state index contributed by atoms with van der Waals surface area (Å²) in [5.41, 5.74) is 8.74. The summed E-state index contributed by atoms with van der Waals surface area (Å²) in [5, 5.41) is 0. The summed E-state index contributed by atoms with van der Waals surface area (Å²) in [7, 11) is 2.09. The van der Waals surface area contributed by atoms with Crippen LogP contribution in [-0.2, 0) is 6.54 Å². The zero-order valence-electron chi connectivity index (χ0n) is 11.8. The van der Waals surface area contributed by atoms with Crippen molar-refractivity contribution >= 4 is 0 Å². The molecule has 3 heteroatoms. The Balaban J connectivity index is 2.17. The van der Waals surface area contributed by atoms with Gasteiger partial charge in [-0.05, 0) is 44.2 Å². The third-order valence-corrected chi connectivity index (χ3v) is 3.49. The molecule has 0 spiro atoms. The molecular formula is C16H22N2O. The van der Waals surface area contributed by atoms with Crippen molar-refractivity contribution in [2.75, 3.05) is 7.05 Å². The fraction of sp³-hybridized carbons (Fsp3) is 0.375. The molecule has 2 unspecified atom stereocenters. The number of nitrogens with zero attached hydrogens (tertiary/aromatic N) is 1. The second-order valence-electron chi connectivity index (χ2n) is 5.16. The van der Waals surface area contributed by atoms with Crippen LogP contribution in [-0.4, -0.2) is 18.0 Å². The van der Waals surface area contributed by atoms with E-state index in [2.05, 4.69) is 43.1 Å². The van der Waals surface area contributed by atoms with Gasteiger partial charge in [-0.1, -0.05) is 24.3 Å². The minimum atomic E-state index is 0.0140. The van der Waals surface area contributed by atoms with E-state index in [-0.39, 0.29) is 12.1 Å². The SMILES string of the molecule is Cc1ccccc1CN(C)C(c1ccco1)C(C)N. The zero-order valence-corrected chi connectivity index (χ0v) is 11.8. The van der Waals surface area contributed by atoms with Crippen LogP contribution < -0.4 is 5.73 Å². The summed E-state index contributed by atoms with van der Waals surface area (Å²) in [6.45, 7) is 5.01. The third kappa shape index (κ3) is 3.25. The van der Waals surface area contributed by atoms with Crippen LogP contribution in [0.2, 0.25) is 0 Å². The first-order valence-corrected chi connectivity index (χ1v) is 6.63. The summed E-state index contributed by atoms with van der Waals surface area (Å²) in [5.74, 6) is 0.922. The maximum Gasteiger partial charge on any atom is 0.122 e. The number of rotatable bonds is 5. The second-order valence-corrected chi connectivity index (χ2v) is 5.16. The Bertz CT molecular complexity index is 505. The van der Waals surface area contributed by atoms with Crippen LogP contribution in [0, 0.1) is 6.92 Å². The van der Waals surface area contributed by atoms with Gasteiger partial charge in [-0.2, -0.15) is 0 Å². The van der Waals surface area contributed by atoms with Gasteiger partial charge >= 0.3 is 0 Å². The molecule has 2 aromatic rings. The molecule has 0 aliphatic rings. The van der Waals surface area contributed by atoms with Crippen molar-refractivity contribution in [3.05, 3.63) is 59.5 Å². The predicted octanol–water partition coefficient (Wildman–Crippen LogP) is 3.11. The van der Waals surface area contributed by atoms with E-state index in [1.807, 2.05) is 19.1 Å². The fourth-order valence-electron chi connectivity index (χ4n) is 2.49. The highest BCUT2D eigenvalue weighted by molar-refractivity contribution is 5.25. The van der Waals surface area contributed by atoms with Crippen LogP contribution in [0.15, 0.2) is 47.1 Å². The van der Waals surface area contributed by atoms with Gasteiger partial charge in [0.2, 0.25) is 0 Å². The smallest absolute Gasteiger partial charge is 0.122 e. The molecule has 0 fully saturated rings. The van der Waals surface area contributed by atoms with Gasteiger partial charge < -0.3 is 10.2 Å². The standard InChI is InChI=1S/C16H22N2O/c1-12-7-4-5-8-14(12)11-18(3)16(13(2)17)15-9-6-10-19-15/h4-10,13,16H,11,17H2,1-3H3. The summed E-state index contributed by atoms with van der Waals surface area (Å²) < 4.78 is 5.52. The van der Waals surface area contributed by atoms with Crippen molar-refractivity contribution in [3.8, 4) is 0 Å². The van der Waals surface area contributed by atoms with E-state index < -0.39 is 0 Å². The number of likely N-dealkylation sites (N-methyl/N-ethyl adjacent to an activating group) is 1. The first-order valence-electron chi connectivity index (χ1n) is 6.63. The van der Waals surface area contributed by atoms with Crippen molar-refractivity contribution in [1.29, 1.82) is 0 Å². The molecule has 0 saturated carbocycles. The highest BCUT2D eigenvalue weighted by atomic mass is 16.3. The first-order chi connectivity index (χ1) is 9.09.